The third-order valence-corrected chi connectivity index (χ3v) is 3.14. The summed E-state index contributed by atoms with van der Waals surface area (Å²) in [5.74, 6) is -0.0199. The molecule has 1 aliphatic carbocycles. The number of ether oxygens (including phenoxy) is 1. The maximum absolute atomic E-state index is 11.6. The minimum atomic E-state index is -0.0199. The number of rotatable bonds is 4. The molecule has 0 saturated heterocycles. The summed E-state index contributed by atoms with van der Waals surface area (Å²) < 4.78 is 5.11. The summed E-state index contributed by atoms with van der Waals surface area (Å²) in [4.78, 5) is 11.6. The van der Waals surface area contributed by atoms with Gasteiger partial charge < -0.3 is 10.1 Å². The molecule has 0 saturated carbocycles. The van der Waals surface area contributed by atoms with Gasteiger partial charge in [0.25, 0.3) is 0 Å². The molecule has 3 nitrogen and oxygen atoms in total. The molecule has 92 valence electrons. The normalized spacial score (nSPS) is 18.5. The zero-order valence-corrected chi connectivity index (χ0v) is 10.2. The van der Waals surface area contributed by atoms with E-state index >= 15 is 0 Å². The van der Waals surface area contributed by atoms with Gasteiger partial charge in [-0.3, -0.25) is 4.79 Å². The Balaban J connectivity index is 2.01. The first-order valence-electron chi connectivity index (χ1n) is 6.26. The van der Waals surface area contributed by atoms with Crippen molar-refractivity contribution in [3.63, 3.8) is 0 Å². The van der Waals surface area contributed by atoms with Gasteiger partial charge in [0, 0.05) is 6.61 Å². The molecule has 0 fully saturated rings. The van der Waals surface area contributed by atoms with Crippen LogP contribution in [0, 0.1) is 0 Å². The molecule has 1 aliphatic rings. The maximum Gasteiger partial charge on any atom is 0.246 e. The molecule has 1 N–H and O–H groups in total. The van der Waals surface area contributed by atoms with E-state index in [1.165, 1.54) is 11.1 Å². The van der Waals surface area contributed by atoms with Gasteiger partial charge in [0.1, 0.15) is 6.61 Å². The lowest BCUT2D eigenvalue weighted by Crippen LogP contribution is -2.33. The lowest BCUT2D eigenvalue weighted by molar-refractivity contribution is -0.126. The number of fused-ring (bicyclic) bond motifs is 1. The molecule has 0 unspecified atom stereocenters. The van der Waals surface area contributed by atoms with E-state index in [1.807, 2.05) is 13.0 Å². The standard InChI is InChI=1S/C14H19NO2/c1-2-17-10-14(16)15-13-9-5-7-11-6-3-4-8-12(11)13/h3-4,6,8,13H,2,5,7,9-10H2,1H3,(H,15,16)/t13-/m1/s1. The van der Waals surface area contributed by atoms with Gasteiger partial charge in [0.15, 0.2) is 0 Å². The van der Waals surface area contributed by atoms with Crippen LogP contribution in [0.5, 0.6) is 0 Å². The molecule has 0 spiro atoms. The fraction of sp³-hybridized carbons (Fsp3) is 0.500. The number of amides is 1. The summed E-state index contributed by atoms with van der Waals surface area (Å²) in [7, 11) is 0. The molecule has 0 bridgehead atoms. The van der Waals surface area contributed by atoms with E-state index in [0.29, 0.717) is 6.61 Å². The van der Waals surface area contributed by atoms with E-state index < -0.39 is 0 Å². The van der Waals surface area contributed by atoms with Gasteiger partial charge >= 0.3 is 0 Å². The molecule has 0 heterocycles. The summed E-state index contributed by atoms with van der Waals surface area (Å²) in [6.45, 7) is 2.63. The highest BCUT2D eigenvalue weighted by molar-refractivity contribution is 5.77. The summed E-state index contributed by atoms with van der Waals surface area (Å²) in [5, 5.41) is 3.05. The number of benzene rings is 1. The van der Waals surface area contributed by atoms with Crippen LogP contribution in [-0.2, 0) is 16.0 Å². The van der Waals surface area contributed by atoms with Crippen LogP contribution in [0.3, 0.4) is 0 Å². The Hall–Kier alpha value is -1.35. The Morgan fingerprint density at radius 2 is 2.29 bits per heavy atom. The van der Waals surface area contributed by atoms with Crippen molar-refractivity contribution in [2.75, 3.05) is 13.2 Å². The van der Waals surface area contributed by atoms with Gasteiger partial charge in [-0.15, -0.1) is 0 Å². The van der Waals surface area contributed by atoms with Crippen LogP contribution in [0.15, 0.2) is 24.3 Å². The molecule has 1 aromatic carbocycles. The molecule has 0 aromatic heterocycles. The largest absolute Gasteiger partial charge is 0.372 e. The number of carbonyl (C=O) groups excluding carboxylic acids is 1. The monoisotopic (exact) mass is 233 g/mol. The molecule has 3 heteroatoms. The quantitative estimate of drug-likeness (QED) is 0.866. The number of hydrogen-bond donors (Lipinski definition) is 1. The number of hydrogen-bond acceptors (Lipinski definition) is 2. The van der Waals surface area contributed by atoms with Crippen LogP contribution in [0.1, 0.15) is 36.9 Å². The molecule has 0 radical (unpaired) electrons. The van der Waals surface area contributed by atoms with Gasteiger partial charge in [0.2, 0.25) is 5.91 Å². The zero-order valence-electron chi connectivity index (χ0n) is 10.2. The van der Waals surface area contributed by atoms with Crippen LogP contribution in [0.4, 0.5) is 0 Å². The number of nitrogens with one attached hydrogen (secondary N) is 1. The van der Waals surface area contributed by atoms with Gasteiger partial charge in [-0.05, 0) is 37.3 Å². The minimum Gasteiger partial charge on any atom is -0.372 e. The Morgan fingerprint density at radius 1 is 1.47 bits per heavy atom. The molecule has 2 rings (SSSR count). The van der Waals surface area contributed by atoms with Crippen molar-refractivity contribution in [2.45, 2.75) is 32.2 Å². The molecule has 1 aromatic rings. The van der Waals surface area contributed by atoms with Crippen molar-refractivity contribution >= 4 is 5.91 Å². The first kappa shape index (κ1) is 12.1. The minimum absolute atomic E-state index is 0.0199. The topological polar surface area (TPSA) is 38.3 Å². The predicted octanol–water partition coefficient (Wildman–Crippen LogP) is 2.22. The SMILES string of the molecule is CCOCC(=O)N[C@@H]1CCCc2ccccc21. The highest BCUT2D eigenvalue weighted by Gasteiger charge is 2.20. The highest BCUT2D eigenvalue weighted by Crippen LogP contribution is 2.29. The van der Waals surface area contributed by atoms with Gasteiger partial charge in [-0.25, -0.2) is 0 Å². The Morgan fingerprint density at radius 3 is 3.12 bits per heavy atom. The first-order valence-corrected chi connectivity index (χ1v) is 6.26. The lowest BCUT2D eigenvalue weighted by atomic mass is 9.88. The fourth-order valence-corrected chi connectivity index (χ4v) is 2.33. The van der Waals surface area contributed by atoms with Gasteiger partial charge in [0.05, 0.1) is 6.04 Å². The highest BCUT2D eigenvalue weighted by atomic mass is 16.5. The summed E-state index contributed by atoms with van der Waals surface area (Å²) in [6, 6.07) is 8.51. The van der Waals surface area contributed by atoms with Crippen LogP contribution < -0.4 is 5.32 Å². The van der Waals surface area contributed by atoms with Crippen molar-refractivity contribution in [2.24, 2.45) is 0 Å². The molecular weight excluding hydrogens is 214 g/mol. The molecule has 17 heavy (non-hydrogen) atoms. The number of aryl methyl sites for hydroxylation is 1. The molecule has 0 aliphatic heterocycles. The van der Waals surface area contributed by atoms with Gasteiger partial charge in [-0.2, -0.15) is 0 Å². The van der Waals surface area contributed by atoms with Crippen molar-refractivity contribution in [1.82, 2.24) is 5.32 Å². The van der Waals surface area contributed by atoms with Crippen LogP contribution >= 0.6 is 0 Å². The smallest absolute Gasteiger partial charge is 0.246 e. The average molecular weight is 233 g/mol. The van der Waals surface area contributed by atoms with Crippen molar-refractivity contribution in [3.8, 4) is 0 Å². The summed E-state index contributed by atoms with van der Waals surface area (Å²) >= 11 is 0. The van der Waals surface area contributed by atoms with E-state index in [4.69, 9.17) is 4.74 Å². The lowest BCUT2D eigenvalue weighted by Gasteiger charge is -2.26. The van der Waals surface area contributed by atoms with Crippen molar-refractivity contribution < 1.29 is 9.53 Å². The van der Waals surface area contributed by atoms with Crippen molar-refractivity contribution in [1.29, 1.82) is 0 Å². The first-order chi connectivity index (χ1) is 8.31. The van der Waals surface area contributed by atoms with E-state index in [-0.39, 0.29) is 18.6 Å². The molecule has 1 atom stereocenters. The summed E-state index contributed by atoms with van der Waals surface area (Å²) in [6.07, 6.45) is 3.28. The Labute approximate surface area is 102 Å². The van der Waals surface area contributed by atoms with E-state index in [1.54, 1.807) is 0 Å². The Bertz CT molecular complexity index is 390. The van der Waals surface area contributed by atoms with Crippen molar-refractivity contribution in [3.05, 3.63) is 35.4 Å². The molecule has 1 amide bonds. The Kier molecular flexibility index (Phi) is 4.15. The second kappa shape index (κ2) is 5.82. The third kappa shape index (κ3) is 3.07. The van der Waals surface area contributed by atoms with E-state index in [0.717, 1.165) is 19.3 Å². The summed E-state index contributed by atoms with van der Waals surface area (Å²) in [5.41, 5.74) is 2.63. The third-order valence-electron chi connectivity index (χ3n) is 3.14. The fourth-order valence-electron chi connectivity index (χ4n) is 2.33. The van der Waals surface area contributed by atoms with Crippen LogP contribution in [-0.4, -0.2) is 19.1 Å². The van der Waals surface area contributed by atoms with Gasteiger partial charge in [-0.1, -0.05) is 24.3 Å². The number of carbonyl (C=O) groups is 1. The van der Waals surface area contributed by atoms with Crippen LogP contribution in [0.25, 0.3) is 0 Å². The second-order valence-electron chi connectivity index (χ2n) is 4.35. The second-order valence-corrected chi connectivity index (χ2v) is 4.35. The molecular formula is C14H19NO2. The predicted molar refractivity (Wildman–Crippen MR) is 66.8 cm³/mol. The van der Waals surface area contributed by atoms with Crippen LogP contribution in [0.2, 0.25) is 0 Å². The average Bonchev–Trinajstić information content (AvgIpc) is 2.37. The van der Waals surface area contributed by atoms with E-state index in [9.17, 15) is 4.79 Å². The van der Waals surface area contributed by atoms with E-state index in [2.05, 4.69) is 23.5 Å². The maximum atomic E-state index is 11.6. The zero-order chi connectivity index (χ0) is 12.1.